The molecule has 1 amide bonds. The number of piperazine rings is 1. The molecule has 1 aliphatic heterocycles. The molecular weight excluding hydrogens is 314 g/mol. The Hall–Kier alpha value is -1.69. The summed E-state index contributed by atoms with van der Waals surface area (Å²) in [6, 6.07) is 8.46. The minimum Gasteiger partial charge on any atom is -0.368 e. The lowest BCUT2D eigenvalue weighted by molar-refractivity contribution is -0.131. The van der Waals surface area contributed by atoms with Gasteiger partial charge in [0.2, 0.25) is 5.91 Å². The number of hydrogen-bond donors (Lipinski definition) is 1. The van der Waals surface area contributed by atoms with Crippen molar-refractivity contribution in [2.45, 2.75) is 32.5 Å². The fraction of sp³-hybridized carbons (Fsp3) is 0.550. The molecule has 1 aromatic carbocycles. The van der Waals surface area contributed by atoms with Crippen LogP contribution < -0.4 is 5.32 Å². The van der Waals surface area contributed by atoms with E-state index >= 15 is 0 Å². The normalized spacial score (nSPS) is 17.2. The van der Waals surface area contributed by atoms with Gasteiger partial charge in [0.05, 0.1) is 6.61 Å². The third-order valence-corrected chi connectivity index (χ3v) is 4.52. The molecule has 1 atom stereocenters. The molecule has 0 aliphatic carbocycles. The summed E-state index contributed by atoms with van der Waals surface area (Å²) in [6.07, 6.45) is 2.11. The van der Waals surface area contributed by atoms with E-state index in [2.05, 4.69) is 53.0 Å². The second-order valence-electron chi connectivity index (χ2n) is 6.71. The smallest absolute Gasteiger partial charge is 0.249 e. The van der Waals surface area contributed by atoms with E-state index in [1.807, 2.05) is 0 Å². The van der Waals surface area contributed by atoms with Gasteiger partial charge in [0, 0.05) is 39.3 Å². The molecule has 0 saturated carbocycles. The Morgan fingerprint density at radius 3 is 2.76 bits per heavy atom. The summed E-state index contributed by atoms with van der Waals surface area (Å²) in [4.78, 5) is 16.9. The summed E-state index contributed by atoms with van der Waals surface area (Å²) in [7, 11) is 2.17. The van der Waals surface area contributed by atoms with Gasteiger partial charge in [0.1, 0.15) is 6.10 Å². The molecule has 0 unspecified atom stereocenters. The Morgan fingerprint density at radius 1 is 1.32 bits per heavy atom. The zero-order valence-corrected chi connectivity index (χ0v) is 15.5. The molecule has 1 N–H and O–H groups in total. The summed E-state index contributed by atoms with van der Waals surface area (Å²) >= 11 is 0. The first kappa shape index (κ1) is 19.6. The second kappa shape index (κ2) is 10.3. The largest absolute Gasteiger partial charge is 0.368 e. The predicted molar refractivity (Wildman–Crippen MR) is 101 cm³/mol. The molecule has 0 spiro atoms. The molecule has 2 rings (SSSR count). The number of hydrogen-bond acceptors (Lipinski definition) is 4. The van der Waals surface area contributed by atoms with Crippen LogP contribution in [0, 0.1) is 0 Å². The molecule has 1 aromatic rings. The quantitative estimate of drug-likeness (QED) is 0.549. The fourth-order valence-corrected chi connectivity index (χ4v) is 2.84. The molecule has 25 heavy (non-hydrogen) atoms. The van der Waals surface area contributed by atoms with E-state index in [-0.39, 0.29) is 5.91 Å². The van der Waals surface area contributed by atoms with Crippen LogP contribution in [0.1, 0.15) is 24.5 Å². The van der Waals surface area contributed by atoms with Crippen molar-refractivity contribution >= 4 is 5.91 Å². The van der Waals surface area contributed by atoms with E-state index in [0.29, 0.717) is 13.2 Å². The number of nitrogens with one attached hydrogen (secondary N) is 1. The van der Waals surface area contributed by atoms with Crippen molar-refractivity contribution in [2.24, 2.45) is 0 Å². The minimum atomic E-state index is -0.437. The molecule has 1 heterocycles. The van der Waals surface area contributed by atoms with E-state index in [4.69, 9.17) is 4.74 Å². The van der Waals surface area contributed by atoms with Gasteiger partial charge in [-0.1, -0.05) is 30.3 Å². The van der Waals surface area contributed by atoms with Crippen LogP contribution in [0.3, 0.4) is 0 Å². The molecule has 5 heteroatoms. The highest BCUT2D eigenvalue weighted by Crippen LogP contribution is 2.10. The number of benzene rings is 1. The van der Waals surface area contributed by atoms with Crippen molar-refractivity contribution in [1.82, 2.24) is 15.1 Å². The molecule has 0 aromatic heterocycles. The third-order valence-electron chi connectivity index (χ3n) is 4.52. The van der Waals surface area contributed by atoms with Gasteiger partial charge in [-0.3, -0.25) is 9.69 Å². The van der Waals surface area contributed by atoms with Crippen molar-refractivity contribution in [3.63, 3.8) is 0 Å². The summed E-state index contributed by atoms with van der Waals surface area (Å²) in [6.45, 7) is 11.9. The molecule has 0 bridgehead atoms. The van der Waals surface area contributed by atoms with Crippen molar-refractivity contribution in [2.75, 3.05) is 39.8 Å². The predicted octanol–water partition coefficient (Wildman–Crippen LogP) is 2.03. The van der Waals surface area contributed by atoms with Crippen LogP contribution in [0.2, 0.25) is 0 Å². The van der Waals surface area contributed by atoms with Gasteiger partial charge in [-0.2, -0.15) is 0 Å². The number of rotatable bonds is 9. The summed E-state index contributed by atoms with van der Waals surface area (Å²) in [5.41, 5.74) is 2.42. The number of carbonyl (C=O) groups excluding carboxylic acids is 1. The highest BCUT2D eigenvalue weighted by atomic mass is 16.5. The number of amides is 1. The molecule has 0 radical (unpaired) electrons. The van der Waals surface area contributed by atoms with Crippen LogP contribution in [-0.4, -0.2) is 61.6 Å². The van der Waals surface area contributed by atoms with Gasteiger partial charge < -0.3 is 15.0 Å². The fourth-order valence-electron chi connectivity index (χ4n) is 2.84. The van der Waals surface area contributed by atoms with Crippen molar-refractivity contribution in [3.8, 4) is 0 Å². The molecule has 1 aliphatic rings. The Kier molecular flexibility index (Phi) is 8.12. The molecule has 1 saturated heterocycles. The Labute approximate surface area is 151 Å². The van der Waals surface area contributed by atoms with Gasteiger partial charge in [-0.25, -0.2) is 0 Å². The lowest BCUT2D eigenvalue weighted by Gasteiger charge is -2.32. The highest BCUT2D eigenvalue weighted by Gasteiger charge is 2.15. The van der Waals surface area contributed by atoms with Crippen LogP contribution in [0.25, 0.3) is 0 Å². The molecule has 1 fully saturated rings. The number of likely N-dealkylation sites (N-methyl/N-ethyl adjacent to an activating group) is 1. The van der Waals surface area contributed by atoms with E-state index in [1.54, 1.807) is 13.0 Å². The van der Waals surface area contributed by atoms with Gasteiger partial charge in [0.15, 0.2) is 0 Å². The van der Waals surface area contributed by atoms with Crippen LogP contribution in [0.15, 0.2) is 36.9 Å². The van der Waals surface area contributed by atoms with E-state index in [1.165, 1.54) is 5.56 Å². The number of nitrogens with zero attached hydrogens (tertiary/aromatic N) is 2. The van der Waals surface area contributed by atoms with E-state index in [0.717, 1.165) is 44.7 Å². The monoisotopic (exact) mass is 345 g/mol. The van der Waals surface area contributed by atoms with Crippen molar-refractivity contribution in [1.29, 1.82) is 0 Å². The lowest BCUT2D eigenvalue weighted by atomic mass is 10.1. The SMILES string of the molecule is C=CCCO[C@@H](C)C(=O)NCc1cccc(CN2CCN(C)CC2)c1. The van der Waals surface area contributed by atoms with Crippen LogP contribution in [-0.2, 0) is 22.6 Å². The first-order valence-electron chi connectivity index (χ1n) is 9.07. The van der Waals surface area contributed by atoms with E-state index in [9.17, 15) is 4.79 Å². The first-order chi connectivity index (χ1) is 12.1. The highest BCUT2D eigenvalue weighted by molar-refractivity contribution is 5.80. The maximum atomic E-state index is 12.1. The van der Waals surface area contributed by atoms with Gasteiger partial charge in [-0.15, -0.1) is 6.58 Å². The molecular formula is C20H31N3O2. The lowest BCUT2D eigenvalue weighted by Crippen LogP contribution is -2.43. The van der Waals surface area contributed by atoms with Crippen LogP contribution in [0.4, 0.5) is 0 Å². The van der Waals surface area contributed by atoms with Gasteiger partial charge in [-0.05, 0) is 31.5 Å². The molecule has 5 nitrogen and oxygen atoms in total. The van der Waals surface area contributed by atoms with Crippen LogP contribution in [0.5, 0.6) is 0 Å². The van der Waals surface area contributed by atoms with Gasteiger partial charge >= 0.3 is 0 Å². The average Bonchev–Trinajstić information content (AvgIpc) is 2.62. The topological polar surface area (TPSA) is 44.8 Å². The standard InChI is InChI=1S/C20H31N3O2/c1-4-5-13-25-17(2)20(24)21-15-18-7-6-8-19(14-18)16-23-11-9-22(3)10-12-23/h4,6-8,14,17H,1,5,9-13,15-16H2,2-3H3,(H,21,24)/t17-/m0/s1. The third kappa shape index (κ3) is 6.98. The van der Waals surface area contributed by atoms with Crippen LogP contribution >= 0.6 is 0 Å². The maximum absolute atomic E-state index is 12.1. The summed E-state index contributed by atoms with van der Waals surface area (Å²) in [5.74, 6) is -0.0754. The second-order valence-corrected chi connectivity index (χ2v) is 6.71. The summed E-state index contributed by atoms with van der Waals surface area (Å²) < 4.78 is 5.47. The molecule has 138 valence electrons. The summed E-state index contributed by atoms with van der Waals surface area (Å²) in [5, 5.41) is 2.95. The first-order valence-corrected chi connectivity index (χ1v) is 9.07. The van der Waals surface area contributed by atoms with Crippen molar-refractivity contribution in [3.05, 3.63) is 48.0 Å². The van der Waals surface area contributed by atoms with Crippen molar-refractivity contribution < 1.29 is 9.53 Å². The Morgan fingerprint density at radius 2 is 2.04 bits per heavy atom. The Bertz CT molecular complexity index is 554. The zero-order chi connectivity index (χ0) is 18.1. The average molecular weight is 345 g/mol. The zero-order valence-electron chi connectivity index (χ0n) is 15.5. The van der Waals surface area contributed by atoms with Gasteiger partial charge in [0.25, 0.3) is 0 Å². The minimum absolute atomic E-state index is 0.0754. The number of ether oxygens (including phenoxy) is 1. The maximum Gasteiger partial charge on any atom is 0.249 e. The van der Waals surface area contributed by atoms with E-state index < -0.39 is 6.10 Å². The Balaban J connectivity index is 1.78. The number of carbonyl (C=O) groups is 1.